The summed E-state index contributed by atoms with van der Waals surface area (Å²) in [6, 6.07) is 0. The number of nitrogens with zero attached hydrogens (tertiary/aromatic N) is 2. The van der Waals surface area contributed by atoms with E-state index < -0.39 is 0 Å². The van der Waals surface area contributed by atoms with Gasteiger partial charge in [-0.2, -0.15) is 4.98 Å². The SMILES string of the molecule is CNCCc1nc(C2CCCCC2)no1. The van der Waals surface area contributed by atoms with Gasteiger partial charge < -0.3 is 9.84 Å². The molecule has 1 fully saturated rings. The number of hydrogen-bond acceptors (Lipinski definition) is 4. The van der Waals surface area contributed by atoms with E-state index in [-0.39, 0.29) is 0 Å². The third-order valence-corrected chi connectivity index (χ3v) is 3.04. The quantitative estimate of drug-likeness (QED) is 0.822. The molecule has 0 saturated heterocycles. The van der Waals surface area contributed by atoms with Gasteiger partial charge in [0.05, 0.1) is 0 Å². The Kier molecular flexibility index (Phi) is 3.72. The van der Waals surface area contributed by atoms with Gasteiger partial charge in [-0.1, -0.05) is 24.4 Å². The Hall–Kier alpha value is -0.900. The highest BCUT2D eigenvalue weighted by Gasteiger charge is 2.20. The maximum atomic E-state index is 5.22. The molecule has 0 unspecified atom stereocenters. The Balaban J connectivity index is 1.93. The van der Waals surface area contributed by atoms with Gasteiger partial charge in [0, 0.05) is 18.9 Å². The van der Waals surface area contributed by atoms with E-state index in [4.69, 9.17) is 4.52 Å². The number of rotatable bonds is 4. The summed E-state index contributed by atoms with van der Waals surface area (Å²) < 4.78 is 5.22. The summed E-state index contributed by atoms with van der Waals surface area (Å²) in [7, 11) is 1.93. The zero-order valence-corrected chi connectivity index (χ0v) is 9.33. The lowest BCUT2D eigenvalue weighted by Gasteiger charge is -2.17. The van der Waals surface area contributed by atoms with Crippen LogP contribution in [0.4, 0.5) is 0 Å². The van der Waals surface area contributed by atoms with Crippen molar-refractivity contribution in [1.29, 1.82) is 0 Å². The van der Waals surface area contributed by atoms with Crippen molar-refractivity contribution in [2.24, 2.45) is 0 Å². The molecule has 1 N–H and O–H groups in total. The summed E-state index contributed by atoms with van der Waals surface area (Å²) in [5.41, 5.74) is 0. The maximum absolute atomic E-state index is 5.22. The summed E-state index contributed by atoms with van der Waals surface area (Å²) in [5.74, 6) is 2.25. The zero-order valence-electron chi connectivity index (χ0n) is 9.33. The first-order valence-corrected chi connectivity index (χ1v) is 5.87. The van der Waals surface area contributed by atoms with Crippen molar-refractivity contribution < 1.29 is 4.52 Å². The summed E-state index contributed by atoms with van der Waals surface area (Å²) in [6.07, 6.45) is 7.27. The average Bonchev–Trinajstić information content (AvgIpc) is 2.76. The second-order valence-corrected chi connectivity index (χ2v) is 4.23. The Morgan fingerprint density at radius 3 is 2.87 bits per heavy atom. The molecule has 1 aromatic heterocycles. The highest BCUT2D eigenvalue weighted by molar-refractivity contribution is 4.97. The fourth-order valence-corrected chi connectivity index (χ4v) is 2.13. The molecule has 15 heavy (non-hydrogen) atoms. The Bertz CT molecular complexity index is 292. The van der Waals surface area contributed by atoms with Gasteiger partial charge in [-0.3, -0.25) is 0 Å². The van der Waals surface area contributed by atoms with Crippen LogP contribution in [-0.2, 0) is 6.42 Å². The van der Waals surface area contributed by atoms with Crippen molar-refractivity contribution in [2.75, 3.05) is 13.6 Å². The molecule has 4 heteroatoms. The lowest BCUT2D eigenvalue weighted by atomic mass is 9.89. The molecule has 1 aromatic rings. The summed E-state index contributed by atoms with van der Waals surface area (Å²) >= 11 is 0. The first-order valence-electron chi connectivity index (χ1n) is 5.87. The Labute approximate surface area is 90.4 Å². The number of aromatic nitrogens is 2. The van der Waals surface area contributed by atoms with Gasteiger partial charge in [0.1, 0.15) is 0 Å². The average molecular weight is 209 g/mol. The fourth-order valence-electron chi connectivity index (χ4n) is 2.13. The molecule has 0 radical (unpaired) electrons. The Morgan fingerprint density at radius 2 is 2.13 bits per heavy atom. The molecule has 0 aliphatic heterocycles. The number of likely N-dealkylation sites (N-methyl/N-ethyl adjacent to an activating group) is 1. The van der Waals surface area contributed by atoms with E-state index in [2.05, 4.69) is 15.5 Å². The van der Waals surface area contributed by atoms with Crippen molar-refractivity contribution >= 4 is 0 Å². The van der Waals surface area contributed by atoms with Crippen molar-refractivity contribution in [3.05, 3.63) is 11.7 Å². The molecule has 0 spiro atoms. The molecule has 4 nitrogen and oxygen atoms in total. The van der Waals surface area contributed by atoms with Gasteiger partial charge in [-0.25, -0.2) is 0 Å². The van der Waals surface area contributed by atoms with E-state index in [1.165, 1.54) is 32.1 Å². The maximum Gasteiger partial charge on any atom is 0.227 e. The molecular weight excluding hydrogens is 190 g/mol. The number of hydrogen-bond donors (Lipinski definition) is 1. The predicted molar refractivity (Wildman–Crippen MR) is 57.8 cm³/mol. The van der Waals surface area contributed by atoms with Crippen LogP contribution in [0.5, 0.6) is 0 Å². The second kappa shape index (κ2) is 5.26. The lowest BCUT2D eigenvalue weighted by molar-refractivity contribution is 0.357. The number of nitrogens with one attached hydrogen (secondary N) is 1. The van der Waals surface area contributed by atoms with E-state index in [0.717, 1.165) is 24.7 Å². The van der Waals surface area contributed by atoms with Crippen LogP contribution < -0.4 is 5.32 Å². The molecule has 2 rings (SSSR count). The molecule has 0 amide bonds. The van der Waals surface area contributed by atoms with Crippen LogP contribution in [0, 0.1) is 0 Å². The van der Waals surface area contributed by atoms with Crippen LogP contribution >= 0.6 is 0 Å². The summed E-state index contributed by atoms with van der Waals surface area (Å²) in [6.45, 7) is 0.895. The minimum absolute atomic E-state index is 0.547. The minimum Gasteiger partial charge on any atom is -0.339 e. The standard InChI is InChI=1S/C11H19N3O/c1-12-8-7-10-13-11(14-15-10)9-5-3-2-4-6-9/h9,12H,2-8H2,1H3. The molecule has 0 bridgehead atoms. The van der Waals surface area contributed by atoms with Crippen LogP contribution in [0.1, 0.15) is 49.7 Å². The van der Waals surface area contributed by atoms with E-state index in [1.807, 2.05) is 7.05 Å². The van der Waals surface area contributed by atoms with Crippen molar-refractivity contribution in [1.82, 2.24) is 15.5 Å². The molecular formula is C11H19N3O. The molecule has 0 atom stereocenters. The van der Waals surface area contributed by atoms with Gasteiger partial charge in [-0.05, 0) is 19.9 Å². The highest BCUT2D eigenvalue weighted by Crippen LogP contribution is 2.30. The smallest absolute Gasteiger partial charge is 0.227 e. The predicted octanol–water partition coefficient (Wildman–Crippen LogP) is 1.88. The van der Waals surface area contributed by atoms with Gasteiger partial charge in [0.25, 0.3) is 0 Å². The van der Waals surface area contributed by atoms with Crippen molar-refractivity contribution in [3.63, 3.8) is 0 Å². The van der Waals surface area contributed by atoms with Crippen LogP contribution in [0.2, 0.25) is 0 Å². The second-order valence-electron chi connectivity index (χ2n) is 4.23. The minimum atomic E-state index is 0.547. The zero-order chi connectivity index (χ0) is 10.5. The van der Waals surface area contributed by atoms with E-state index in [1.54, 1.807) is 0 Å². The van der Waals surface area contributed by atoms with Crippen LogP contribution in [-0.4, -0.2) is 23.7 Å². The highest BCUT2D eigenvalue weighted by atomic mass is 16.5. The van der Waals surface area contributed by atoms with Gasteiger partial charge >= 0.3 is 0 Å². The molecule has 84 valence electrons. The first kappa shape index (κ1) is 10.6. The van der Waals surface area contributed by atoms with Crippen LogP contribution in [0.15, 0.2) is 4.52 Å². The Morgan fingerprint density at radius 1 is 1.33 bits per heavy atom. The van der Waals surface area contributed by atoms with Crippen LogP contribution in [0.25, 0.3) is 0 Å². The van der Waals surface area contributed by atoms with Crippen LogP contribution in [0.3, 0.4) is 0 Å². The third-order valence-electron chi connectivity index (χ3n) is 3.04. The van der Waals surface area contributed by atoms with E-state index in [9.17, 15) is 0 Å². The molecule has 1 aliphatic carbocycles. The molecule has 1 aliphatic rings. The molecule has 1 saturated carbocycles. The molecule has 1 heterocycles. The topological polar surface area (TPSA) is 51.0 Å². The monoisotopic (exact) mass is 209 g/mol. The molecule has 0 aromatic carbocycles. The summed E-state index contributed by atoms with van der Waals surface area (Å²) in [5, 5.41) is 7.16. The summed E-state index contributed by atoms with van der Waals surface area (Å²) in [4.78, 5) is 4.45. The van der Waals surface area contributed by atoms with Gasteiger partial charge in [0.15, 0.2) is 5.82 Å². The lowest BCUT2D eigenvalue weighted by Crippen LogP contribution is -2.11. The largest absolute Gasteiger partial charge is 0.339 e. The first-order chi connectivity index (χ1) is 7.40. The fraction of sp³-hybridized carbons (Fsp3) is 0.818. The normalized spacial score (nSPS) is 18.2. The van der Waals surface area contributed by atoms with Crippen molar-refractivity contribution in [3.8, 4) is 0 Å². The van der Waals surface area contributed by atoms with E-state index >= 15 is 0 Å². The van der Waals surface area contributed by atoms with Gasteiger partial charge in [-0.15, -0.1) is 0 Å². The van der Waals surface area contributed by atoms with Gasteiger partial charge in [0.2, 0.25) is 5.89 Å². The van der Waals surface area contributed by atoms with Crippen molar-refractivity contribution in [2.45, 2.75) is 44.4 Å². The van der Waals surface area contributed by atoms with E-state index in [0.29, 0.717) is 5.92 Å². The third kappa shape index (κ3) is 2.78.